The van der Waals surface area contributed by atoms with E-state index in [2.05, 4.69) is 129 Å². The van der Waals surface area contributed by atoms with Crippen LogP contribution in [-0.4, -0.2) is 4.98 Å². The molecule has 0 aliphatic heterocycles. The fraction of sp³-hybridized carbons (Fsp3) is 0.0789. The number of nitrogens with zero attached hydrogens (tertiary/aromatic N) is 1. The molecule has 2 nitrogen and oxygen atoms in total. The molecular formula is C38H27NO. The monoisotopic (exact) mass is 513 g/mol. The predicted octanol–water partition coefficient (Wildman–Crippen LogP) is 10.3. The lowest BCUT2D eigenvalue weighted by molar-refractivity contribution is 0.653. The minimum atomic E-state index is -0.160. The van der Waals surface area contributed by atoms with Gasteiger partial charge in [-0.25, -0.2) is 4.98 Å². The molecule has 0 saturated heterocycles. The summed E-state index contributed by atoms with van der Waals surface area (Å²) in [5.41, 5.74) is 13.4. The van der Waals surface area contributed by atoms with E-state index in [0.29, 0.717) is 0 Å². The summed E-state index contributed by atoms with van der Waals surface area (Å²) in [6.45, 7) is 4.64. The zero-order valence-corrected chi connectivity index (χ0v) is 22.5. The number of pyridine rings is 1. The molecule has 0 bridgehead atoms. The molecule has 2 aromatic heterocycles. The highest BCUT2D eigenvalue weighted by atomic mass is 16.3. The molecule has 0 unspecified atom stereocenters. The Balaban J connectivity index is 1.33. The number of benzene rings is 5. The maximum atomic E-state index is 6.48. The molecule has 0 radical (unpaired) electrons. The lowest BCUT2D eigenvalue weighted by Gasteiger charge is -2.22. The minimum Gasteiger partial charge on any atom is -0.455 e. The highest BCUT2D eigenvalue weighted by Crippen LogP contribution is 2.53. The number of rotatable bonds is 3. The van der Waals surface area contributed by atoms with Crippen molar-refractivity contribution in [3.63, 3.8) is 0 Å². The zero-order chi connectivity index (χ0) is 26.8. The van der Waals surface area contributed by atoms with Gasteiger partial charge < -0.3 is 4.42 Å². The van der Waals surface area contributed by atoms with Crippen LogP contribution in [0.2, 0.25) is 0 Å². The van der Waals surface area contributed by atoms with Crippen molar-refractivity contribution in [2.45, 2.75) is 19.3 Å². The van der Waals surface area contributed by atoms with Crippen molar-refractivity contribution in [2.75, 3.05) is 0 Å². The molecule has 0 atom stereocenters. The zero-order valence-electron chi connectivity index (χ0n) is 22.5. The minimum absolute atomic E-state index is 0.160. The lowest BCUT2D eigenvalue weighted by Crippen LogP contribution is -2.15. The Kier molecular flexibility index (Phi) is 4.90. The summed E-state index contributed by atoms with van der Waals surface area (Å²) in [5.74, 6) is 0. The van der Waals surface area contributed by atoms with Crippen LogP contribution >= 0.6 is 0 Å². The maximum Gasteiger partial charge on any atom is 0.143 e. The SMILES string of the molecule is CC1(C)c2cc(-c3cc(-c4ccccc4)cc(-c4ccccc4)n3)ccc2-c2c1ccc1c2oc2ccccc21. The van der Waals surface area contributed by atoms with Crippen LogP contribution < -0.4 is 0 Å². The van der Waals surface area contributed by atoms with Crippen LogP contribution in [0.4, 0.5) is 0 Å². The van der Waals surface area contributed by atoms with E-state index in [-0.39, 0.29) is 5.41 Å². The largest absolute Gasteiger partial charge is 0.455 e. The highest BCUT2D eigenvalue weighted by Gasteiger charge is 2.38. The van der Waals surface area contributed by atoms with Gasteiger partial charge in [-0.2, -0.15) is 0 Å². The third-order valence-electron chi connectivity index (χ3n) is 8.48. The van der Waals surface area contributed by atoms with Gasteiger partial charge in [0, 0.05) is 32.9 Å². The van der Waals surface area contributed by atoms with Crippen LogP contribution in [0.3, 0.4) is 0 Å². The van der Waals surface area contributed by atoms with Crippen molar-refractivity contribution >= 4 is 21.9 Å². The van der Waals surface area contributed by atoms with E-state index in [9.17, 15) is 0 Å². The highest BCUT2D eigenvalue weighted by molar-refractivity contribution is 6.11. The summed E-state index contributed by atoms with van der Waals surface area (Å²) in [4.78, 5) is 5.18. The van der Waals surface area contributed by atoms with Crippen LogP contribution in [0.5, 0.6) is 0 Å². The smallest absolute Gasteiger partial charge is 0.143 e. The van der Waals surface area contributed by atoms with E-state index in [0.717, 1.165) is 39.2 Å². The van der Waals surface area contributed by atoms with Gasteiger partial charge in [0.05, 0.1) is 11.4 Å². The molecule has 7 aromatic rings. The predicted molar refractivity (Wildman–Crippen MR) is 165 cm³/mol. The molecule has 8 rings (SSSR count). The van der Waals surface area contributed by atoms with Gasteiger partial charge >= 0.3 is 0 Å². The van der Waals surface area contributed by atoms with Gasteiger partial charge in [-0.1, -0.05) is 117 Å². The van der Waals surface area contributed by atoms with Gasteiger partial charge in [0.1, 0.15) is 11.2 Å². The summed E-state index contributed by atoms with van der Waals surface area (Å²) in [6, 6.07) is 45.1. The van der Waals surface area contributed by atoms with Gasteiger partial charge in [-0.3, -0.25) is 0 Å². The Labute approximate surface area is 233 Å². The fourth-order valence-electron chi connectivity index (χ4n) is 6.39. The average Bonchev–Trinajstić information content (AvgIpc) is 3.50. The Morgan fingerprint density at radius 2 is 1.20 bits per heavy atom. The summed E-state index contributed by atoms with van der Waals surface area (Å²) in [5, 5.41) is 2.34. The number of para-hydroxylation sites is 1. The Bertz CT molecular complexity index is 2010. The molecule has 1 aliphatic carbocycles. The van der Waals surface area contributed by atoms with E-state index in [1.807, 2.05) is 12.1 Å². The Morgan fingerprint density at radius 1 is 0.525 bits per heavy atom. The molecule has 2 heteroatoms. The number of aromatic nitrogens is 1. The maximum absolute atomic E-state index is 6.48. The van der Waals surface area contributed by atoms with Crippen molar-refractivity contribution in [3.8, 4) is 44.8 Å². The normalized spacial score (nSPS) is 13.4. The van der Waals surface area contributed by atoms with Crippen LogP contribution in [0.1, 0.15) is 25.0 Å². The molecule has 2 heterocycles. The van der Waals surface area contributed by atoms with Gasteiger partial charge in [0.2, 0.25) is 0 Å². The molecule has 0 saturated carbocycles. The van der Waals surface area contributed by atoms with E-state index >= 15 is 0 Å². The topological polar surface area (TPSA) is 26.0 Å². The fourth-order valence-corrected chi connectivity index (χ4v) is 6.39. The van der Waals surface area contributed by atoms with Crippen molar-refractivity contribution in [2.24, 2.45) is 0 Å². The lowest BCUT2D eigenvalue weighted by atomic mass is 9.81. The molecule has 40 heavy (non-hydrogen) atoms. The van der Waals surface area contributed by atoms with E-state index in [1.165, 1.54) is 38.6 Å². The number of hydrogen-bond acceptors (Lipinski definition) is 2. The second kappa shape index (κ2) is 8.53. The first-order valence-corrected chi connectivity index (χ1v) is 13.8. The van der Waals surface area contributed by atoms with Gasteiger partial charge in [0.25, 0.3) is 0 Å². The number of furan rings is 1. The summed E-state index contributed by atoms with van der Waals surface area (Å²) in [7, 11) is 0. The standard InChI is InChI=1S/C38H27NO/c1-38(2)31-20-19-29-28-15-9-10-16-35(28)40-37(29)36(31)30-18-17-26(21-32(30)38)34-23-27(24-11-5-3-6-12-24)22-33(39-34)25-13-7-4-8-14-25/h3-23H,1-2H3. The number of fused-ring (bicyclic) bond motifs is 7. The average molecular weight is 514 g/mol. The molecule has 0 N–H and O–H groups in total. The molecule has 0 fully saturated rings. The van der Waals surface area contributed by atoms with Crippen molar-refractivity contribution in [1.82, 2.24) is 4.98 Å². The first-order valence-electron chi connectivity index (χ1n) is 13.8. The molecule has 1 aliphatic rings. The Hall–Kier alpha value is -4.95. The number of hydrogen-bond donors (Lipinski definition) is 0. The van der Waals surface area contributed by atoms with Gasteiger partial charge in [0.15, 0.2) is 0 Å². The van der Waals surface area contributed by atoms with Gasteiger partial charge in [-0.05, 0) is 52.1 Å². The van der Waals surface area contributed by atoms with E-state index < -0.39 is 0 Å². The summed E-state index contributed by atoms with van der Waals surface area (Å²) >= 11 is 0. The molecular weight excluding hydrogens is 486 g/mol. The molecule has 190 valence electrons. The molecule has 0 spiro atoms. The van der Waals surface area contributed by atoms with Crippen LogP contribution in [0, 0.1) is 0 Å². The first-order chi connectivity index (χ1) is 19.6. The van der Waals surface area contributed by atoms with Crippen LogP contribution in [0.15, 0.2) is 132 Å². The van der Waals surface area contributed by atoms with E-state index in [1.54, 1.807) is 0 Å². The summed E-state index contributed by atoms with van der Waals surface area (Å²) < 4.78 is 6.48. The van der Waals surface area contributed by atoms with E-state index in [4.69, 9.17) is 9.40 Å². The van der Waals surface area contributed by atoms with Crippen molar-refractivity contribution in [3.05, 3.63) is 139 Å². The Morgan fingerprint density at radius 3 is 1.98 bits per heavy atom. The quantitative estimate of drug-likeness (QED) is 0.235. The van der Waals surface area contributed by atoms with Crippen molar-refractivity contribution in [1.29, 1.82) is 0 Å². The van der Waals surface area contributed by atoms with Gasteiger partial charge in [-0.15, -0.1) is 0 Å². The third kappa shape index (κ3) is 3.39. The molecule has 0 amide bonds. The second-order valence-corrected chi connectivity index (χ2v) is 11.2. The summed E-state index contributed by atoms with van der Waals surface area (Å²) in [6.07, 6.45) is 0. The third-order valence-corrected chi connectivity index (χ3v) is 8.48. The second-order valence-electron chi connectivity index (χ2n) is 11.2. The molecule has 5 aromatic carbocycles. The first kappa shape index (κ1) is 23.0. The van der Waals surface area contributed by atoms with Crippen molar-refractivity contribution < 1.29 is 4.42 Å². The van der Waals surface area contributed by atoms with Crippen LogP contribution in [-0.2, 0) is 5.41 Å². The van der Waals surface area contributed by atoms with Crippen LogP contribution in [0.25, 0.3) is 66.7 Å².